The lowest BCUT2D eigenvalue weighted by atomic mass is 10.1. The Bertz CT molecular complexity index is 607. The Morgan fingerprint density at radius 3 is 2.96 bits per heavy atom. The molecule has 2 heterocycles. The Hall–Kier alpha value is -2.64. The van der Waals surface area contributed by atoms with E-state index < -0.39 is 0 Å². The molecule has 1 saturated heterocycles. The van der Waals surface area contributed by atoms with Gasteiger partial charge in [-0.25, -0.2) is 4.79 Å². The number of nitrogens with zero attached hydrogens (tertiary/aromatic N) is 1. The second-order valence-corrected chi connectivity index (χ2v) is 5.43. The number of hydrogen-bond acceptors (Lipinski definition) is 5. The SMILES string of the molecule is NC(=O)[C@H]1CCN(C(=O)NCCOc2ccc3c(c2)OCO3)C1. The minimum atomic E-state index is -0.355. The van der Waals surface area contributed by atoms with Crippen LogP contribution in [-0.4, -0.2) is 49.9 Å². The fraction of sp³-hybridized carbons (Fsp3) is 0.467. The minimum absolute atomic E-state index is 0.206. The van der Waals surface area contributed by atoms with Crippen molar-refractivity contribution in [1.29, 1.82) is 0 Å². The first-order chi connectivity index (χ1) is 11.1. The van der Waals surface area contributed by atoms with E-state index in [1.165, 1.54) is 0 Å². The standard InChI is InChI=1S/C15H19N3O5/c16-14(19)10-3-5-18(8-10)15(20)17-4-6-21-11-1-2-12-13(7-11)23-9-22-12/h1-2,7,10H,3-6,8-9H2,(H2,16,19)(H,17,20)/t10-/m0/s1. The molecular formula is C15H19N3O5. The van der Waals surface area contributed by atoms with Gasteiger partial charge in [0.2, 0.25) is 12.7 Å². The number of benzene rings is 1. The summed E-state index contributed by atoms with van der Waals surface area (Å²) >= 11 is 0. The van der Waals surface area contributed by atoms with Crippen LogP contribution in [0.5, 0.6) is 17.2 Å². The highest BCUT2D eigenvalue weighted by Gasteiger charge is 2.29. The Morgan fingerprint density at radius 2 is 2.17 bits per heavy atom. The molecule has 0 aromatic heterocycles. The van der Waals surface area contributed by atoms with Crippen LogP contribution in [0, 0.1) is 5.92 Å². The minimum Gasteiger partial charge on any atom is -0.492 e. The zero-order valence-electron chi connectivity index (χ0n) is 12.6. The smallest absolute Gasteiger partial charge is 0.317 e. The van der Waals surface area contributed by atoms with Crippen LogP contribution in [0.4, 0.5) is 4.79 Å². The van der Waals surface area contributed by atoms with Crippen LogP contribution < -0.4 is 25.3 Å². The molecule has 8 nitrogen and oxygen atoms in total. The molecule has 23 heavy (non-hydrogen) atoms. The molecule has 1 atom stereocenters. The number of fused-ring (bicyclic) bond motifs is 1. The number of rotatable bonds is 5. The maximum absolute atomic E-state index is 11.9. The molecular weight excluding hydrogens is 302 g/mol. The van der Waals surface area contributed by atoms with E-state index in [0.717, 1.165) is 0 Å². The number of ether oxygens (including phenoxy) is 3. The van der Waals surface area contributed by atoms with Crippen molar-refractivity contribution in [3.05, 3.63) is 18.2 Å². The van der Waals surface area contributed by atoms with E-state index in [4.69, 9.17) is 19.9 Å². The van der Waals surface area contributed by atoms with Crippen LogP contribution in [0.25, 0.3) is 0 Å². The van der Waals surface area contributed by atoms with Gasteiger partial charge in [0.05, 0.1) is 12.5 Å². The van der Waals surface area contributed by atoms with Gasteiger partial charge in [0, 0.05) is 19.2 Å². The molecule has 0 radical (unpaired) electrons. The van der Waals surface area contributed by atoms with Crippen molar-refractivity contribution in [1.82, 2.24) is 10.2 Å². The molecule has 2 aliphatic rings. The number of hydrogen-bond donors (Lipinski definition) is 2. The highest BCUT2D eigenvalue weighted by atomic mass is 16.7. The Kier molecular flexibility index (Phi) is 4.40. The lowest BCUT2D eigenvalue weighted by molar-refractivity contribution is -0.121. The summed E-state index contributed by atoms with van der Waals surface area (Å²) in [4.78, 5) is 24.6. The largest absolute Gasteiger partial charge is 0.492 e. The van der Waals surface area contributed by atoms with Gasteiger partial charge in [0.1, 0.15) is 12.4 Å². The Balaban J connectivity index is 1.38. The van der Waals surface area contributed by atoms with Gasteiger partial charge in [-0.05, 0) is 18.6 Å². The van der Waals surface area contributed by atoms with Crippen LogP contribution in [0.3, 0.4) is 0 Å². The van der Waals surface area contributed by atoms with Gasteiger partial charge < -0.3 is 30.2 Å². The van der Waals surface area contributed by atoms with Gasteiger partial charge in [0.15, 0.2) is 11.5 Å². The quantitative estimate of drug-likeness (QED) is 0.760. The average Bonchev–Trinajstić information content (AvgIpc) is 3.19. The van der Waals surface area contributed by atoms with E-state index in [1.807, 2.05) is 0 Å². The summed E-state index contributed by atoms with van der Waals surface area (Å²) in [6.45, 7) is 1.84. The first-order valence-corrected chi connectivity index (χ1v) is 7.48. The lowest BCUT2D eigenvalue weighted by Gasteiger charge is -2.17. The number of primary amides is 1. The predicted molar refractivity (Wildman–Crippen MR) is 80.3 cm³/mol. The first kappa shape index (κ1) is 15.3. The zero-order valence-corrected chi connectivity index (χ0v) is 12.6. The number of nitrogens with two attached hydrogens (primary N) is 1. The third-order valence-corrected chi connectivity index (χ3v) is 3.87. The van der Waals surface area contributed by atoms with E-state index in [0.29, 0.717) is 49.9 Å². The van der Waals surface area contributed by atoms with E-state index in [9.17, 15) is 9.59 Å². The summed E-state index contributed by atoms with van der Waals surface area (Å²) < 4.78 is 16.0. The van der Waals surface area contributed by atoms with Gasteiger partial charge in [-0.1, -0.05) is 0 Å². The molecule has 0 bridgehead atoms. The van der Waals surface area contributed by atoms with Gasteiger partial charge in [-0.2, -0.15) is 0 Å². The zero-order chi connectivity index (χ0) is 16.2. The van der Waals surface area contributed by atoms with Crippen molar-refractivity contribution in [2.24, 2.45) is 11.7 Å². The van der Waals surface area contributed by atoms with Crippen molar-refractivity contribution in [2.75, 3.05) is 33.0 Å². The molecule has 3 amide bonds. The molecule has 0 saturated carbocycles. The van der Waals surface area contributed by atoms with Crippen molar-refractivity contribution in [3.63, 3.8) is 0 Å². The first-order valence-electron chi connectivity index (χ1n) is 7.48. The number of carbonyl (C=O) groups excluding carboxylic acids is 2. The van der Waals surface area contributed by atoms with Crippen LogP contribution >= 0.6 is 0 Å². The topological polar surface area (TPSA) is 103 Å². The number of nitrogens with one attached hydrogen (secondary N) is 1. The maximum Gasteiger partial charge on any atom is 0.317 e. The second kappa shape index (κ2) is 6.64. The number of likely N-dealkylation sites (tertiary alicyclic amines) is 1. The van der Waals surface area contributed by atoms with Crippen molar-refractivity contribution in [3.8, 4) is 17.2 Å². The molecule has 1 aromatic carbocycles. The molecule has 1 aromatic rings. The predicted octanol–water partition coefficient (Wildman–Crippen LogP) is 0.311. The highest BCUT2D eigenvalue weighted by Crippen LogP contribution is 2.34. The second-order valence-electron chi connectivity index (χ2n) is 5.43. The number of carbonyl (C=O) groups is 2. The van der Waals surface area contributed by atoms with Crippen molar-refractivity contribution in [2.45, 2.75) is 6.42 Å². The molecule has 0 aliphatic carbocycles. The van der Waals surface area contributed by atoms with Crippen LogP contribution in [0.1, 0.15) is 6.42 Å². The molecule has 3 N–H and O–H groups in total. The fourth-order valence-electron chi connectivity index (χ4n) is 2.58. The summed E-state index contributed by atoms with van der Waals surface area (Å²) in [5.74, 6) is 1.40. The fourth-order valence-corrected chi connectivity index (χ4v) is 2.58. The normalized spacial score (nSPS) is 18.8. The molecule has 8 heteroatoms. The van der Waals surface area contributed by atoms with E-state index in [-0.39, 0.29) is 24.6 Å². The summed E-state index contributed by atoms with van der Waals surface area (Å²) in [5, 5.41) is 2.76. The van der Waals surface area contributed by atoms with E-state index in [2.05, 4.69) is 5.32 Å². The van der Waals surface area contributed by atoms with E-state index in [1.54, 1.807) is 23.1 Å². The average molecular weight is 321 g/mol. The van der Waals surface area contributed by atoms with Gasteiger partial charge >= 0.3 is 6.03 Å². The number of amides is 3. The van der Waals surface area contributed by atoms with Crippen molar-refractivity contribution < 1.29 is 23.8 Å². The lowest BCUT2D eigenvalue weighted by Crippen LogP contribution is -2.41. The third kappa shape index (κ3) is 3.58. The van der Waals surface area contributed by atoms with E-state index >= 15 is 0 Å². The van der Waals surface area contributed by atoms with Gasteiger partial charge in [0.25, 0.3) is 0 Å². The summed E-state index contributed by atoms with van der Waals surface area (Å²) in [6.07, 6.45) is 0.621. The van der Waals surface area contributed by atoms with Gasteiger partial charge in [-0.15, -0.1) is 0 Å². The van der Waals surface area contributed by atoms with Crippen LogP contribution in [0.15, 0.2) is 18.2 Å². The Morgan fingerprint density at radius 1 is 1.35 bits per heavy atom. The molecule has 0 spiro atoms. The number of urea groups is 1. The molecule has 124 valence electrons. The monoisotopic (exact) mass is 321 g/mol. The van der Waals surface area contributed by atoms with Crippen LogP contribution in [0.2, 0.25) is 0 Å². The molecule has 2 aliphatic heterocycles. The summed E-state index contributed by atoms with van der Waals surface area (Å²) in [7, 11) is 0. The van der Waals surface area contributed by atoms with Crippen molar-refractivity contribution >= 4 is 11.9 Å². The molecule has 1 fully saturated rings. The Labute approximate surface area is 133 Å². The molecule has 3 rings (SSSR count). The third-order valence-electron chi connectivity index (χ3n) is 3.87. The van der Waals surface area contributed by atoms with Gasteiger partial charge in [-0.3, -0.25) is 4.79 Å². The molecule has 0 unspecified atom stereocenters. The highest BCUT2D eigenvalue weighted by molar-refractivity contribution is 5.80. The van der Waals surface area contributed by atoms with Crippen LogP contribution in [-0.2, 0) is 4.79 Å². The summed E-state index contributed by atoms with van der Waals surface area (Å²) in [6, 6.07) is 5.11. The maximum atomic E-state index is 11.9. The summed E-state index contributed by atoms with van der Waals surface area (Å²) in [5.41, 5.74) is 5.25.